The van der Waals surface area contributed by atoms with Gasteiger partial charge in [0.1, 0.15) is 0 Å². The Morgan fingerprint density at radius 3 is 2.76 bits per heavy atom. The minimum atomic E-state index is -0.396. The molecule has 1 heterocycles. The summed E-state index contributed by atoms with van der Waals surface area (Å²) >= 11 is 0. The minimum absolute atomic E-state index is 0.0771. The van der Waals surface area contributed by atoms with Crippen LogP contribution in [-0.2, 0) is 6.54 Å². The molecule has 1 aromatic rings. The second kappa shape index (κ2) is 5.33. The van der Waals surface area contributed by atoms with E-state index in [4.69, 9.17) is 10.3 Å². The van der Waals surface area contributed by atoms with Gasteiger partial charge in [0.25, 0.3) is 0 Å². The smallest absolute Gasteiger partial charge is 0.301 e. The van der Waals surface area contributed by atoms with Crippen LogP contribution in [0.1, 0.15) is 43.3 Å². The lowest BCUT2D eigenvalue weighted by Crippen LogP contribution is -2.40. The Balaban J connectivity index is 2.82. The van der Waals surface area contributed by atoms with Gasteiger partial charge in [0.2, 0.25) is 0 Å². The van der Waals surface area contributed by atoms with Crippen molar-refractivity contribution in [1.29, 1.82) is 0 Å². The zero-order valence-electron chi connectivity index (χ0n) is 10.9. The summed E-state index contributed by atoms with van der Waals surface area (Å²) in [6.45, 7) is 7.12. The lowest BCUT2D eigenvalue weighted by molar-refractivity contribution is 0.0919. The molecule has 0 atom stereocenters. The van der Waals surface area contributed by atoms with Crippen LogP contribution >= 0.6 is 0 Å². The minimum Gasteiger partial charge on any atom is -0.459 e. The molecule has 3 N–H and O–H groups in total. The molecule has 0 aliphatic carbocycles. The number of hydrogen-bond donors (Lipinski definition) is 2. The van der Waals surface area contributed by atoms with Crippen LogP contribution in [0.3, 0.4) is 0 Å². The van der Waals surface area contributed by atoms with E-state index in [0.29, 0.717) is 6.54 Å². The molecular formula is C12H21N3O2. The fraction of sp³-hybridized carbons (Fsp3) is 0.583. The number of nitrogens with one attached hydrogen (secondary N) is 1. The second-order valence-electron chi connectivity index (χ2n) is 4.77. The predicted molar refractivity (Wildman–Crippen MR) is 66.2 cm³/mol. The molecule has 96 valence electrons. The van der Waals surface area contributed by atoms with Gasteiger partial charge in [0, 0.05) is 17.6 Å². The highest BCUT2D eigenvalue weighted by Crippen LogP contribution is 2.21. The summed E-state index contributed by atoms with van der Waals surface area (Å²) in [6.07, 6.45) is 2.53. The summed E-state index contributed by atoms with van der Waals surface area (Å²) in [7, 11) is 2.03. The largest absolute Gasteiger partial charge is 0.459 e. The van der Waals surface area contributed by atoms with Gasteiger partial charge in [-0.15, -0.1) is 0 Å². The van der Waals surface area contributed by atoms with Crippen LogP contribution in [0.2, 0.25) is 0 Å². The summed E-state index contributed by atoms with van der Waals surface area (Å²) < 4.78 is 5.15. The van der Waals surface area contributed by atoms with E-state index in [2.05, 4.69) is 31.1 Å². The van der Waals surface area contributed by atoms with Gasteiger partial charge in [-0.25, -0.2) is 5.84 Å². The van der Waals surface area contributed by atoms with Crippen LogP contribution in [0.4, 0.5) is 0 Å². The van der Waals surface area contributed by atoms with Gasteiger partial charge in [-0.2, -0.15) is 0 Å². The van der Waals surface area contributed by atoms with Crippen LogP contribution < -0.4 is 11.3 Å². The van der Waals surface area contributed by atoms with Gasteiger partial charge >= 0.3 is 5.91 Å². The summed E-state index contributed by atoms with van der Waals surface area (Å²) in [6, 6.07) is 1.80. The molecule has 0 radical (unpaired) electrons. The molecule has 17 heavy (non-hydrogen) atoms. The number of amides is 1. The number of nitrogens with two attached hydrogens (primary N) is 1. The lowest BCUT2D eigenvalue weighted by Gasteiger charge is -2.34. The number of hydrazine groups is 1. The molecule has 0 aliphatic heterocycles. The molecule has 0 saturated carbocycles. The molecule has 0 unspecified atom stereocenters. The van der Waals surface area contributed by atoms with E-state index >= 15 is 0 Å². The van der Waals surface area contributed by atoms with Crippen LogP contribution in [-0.4, -0.2) is 23.4 Å². The maximum atomic E-state index is 11.4. The first-order valence-corrected chi connectivity index (χ1v) is 5.71. The average Bonchev–Trinajstić information content (AvgIpc) is 2.76. The van der Waals surface area contributed by atoms with E-state index in [1.807, 2.05) is 7.05 Å². The summed E-state index contributed by atoms with van der Waals surface area (Å²) in [5.41, 5.74) is 3.00. The first-order valence-electron chi connectivity index (χ1n) is 5.71. The standard InChI is InChI=1S/C12H21N3O2/c1-5-12(2,3)15(4)8-9-6-7-17-10(9)11(16)14-13/h6-7H,5,8,13H2,1-4H3,(H,14,16). The monoisotopic (exact) mass is 239 g/mol. The van der Waals surface area contributed by atoms with Crippen molar-refractivity contribution in [2.24, 2.45) is 5.84 Å². The molecule has 0 saturated heterocycles. The van der Waals surface area contributed by atoms with Crippen molar-refractivity contribution in [2.45, 2.75) is 39.3 Å². The van der Waals surface area contributed by atoms with Gasteiger partial charge in [0.05, 0.1) is 6.26 Å². The van der Waals surface area contributed by atoms with Crippen molar-refractivity contribution in [3.63, 3.8) is 0 Å². The van der Waals surface area contributed by atoms with Crippen LogP contribution in [0.25, 0.3) is 0 Å². The van der Waals surface area contributed by atoms with Gasteiger partial charge in [0.15, 0.2) is 5.76 Å². The van der Waals surface area contributed by atoms with Gasteiger partial charge in [-0.3, -0.25) is 15.1 Å². The van der Waals surface area contributed by atoms with E-state index in [-0.39, 0.29) is 11.3 Å². The summed E-state index contributed by atoms with van der Waals surface area (Å²) in [5, 5.41) is 0. The normalized spacial score (nSPS) is 11.9. The first kappa shape index (κ1) is 13.7. The fourth-order valence-corrected chi connectivity index (χ4v) is 1.46. The van der Waals surface area contributed by atoms with Crippen LogP contribution in [0, 0.1) is 0 Å². The second-order valence-corrected chi connectivity index (χ2v) is 4.77. The van der Waals surface area contributed by atoms with Crippen molar-refractivity contribution in [1.82, 2.24) is 10.3 Å². The van der Waals surface area contributed by atoms with E-state index in [1.54, 1.807) is 6.07 Å². The molecular weight excluding hydrogens is 218 g/mol. The third kappa shape index (κ3) is 3.08. The van der Waals surface area contributed by atoms with E-state index in [1.165, 1.54) is 6.26 Å². The molecule has 5 nitrogen and oxygen atoms in total. The number of furan rings is 1. The molecule has 0 aliphatic rings. The van der Waals surface area contributed by atoms with E-state index < -0.39 is 5.91 Å². The topological polar surface area (TPSA) is 71.5 Å². The molecule has 0 bridgehead atoms. The van der Waals surface area contributed by atoms with Crippen LogP contribution in [0.5, 0.6) is 0 Å². The number of rotatable bonds is 5. The number of nitrogens with zero attached hydrogens (tertiary/aromatic N) is 1. The Morgan fingerprint density at radius 1 is 1.59 bits per heavy atom. The van der Waals surface area contributed by atoms with Crippen molar-refractivity contribution < 1.29 is 9.21 Å². The van der Waals surface area contributed by atoms with Crippen molar-refractivity contribution >= 4 is 5.91 Å². The van der Waals surface area contributed by atoms with Crippen molar-refractivity contribution in [3.05, 3.63) is 23.7 Å². The Hall–Kier alpha value is -1.33. The predicted octanol–water partition coefficient (Wildman–Crippen LogP) is 1.50. The summed E-state index contributed by atoms with van der Waals surface area (Å²) in [5.74, 6) is 4.99. The quantitative estimate of drug-likeness (QED) is 0.464. The molecule has 0 spiro atoms. The summed E-state index contributed by atoms with van der Waals surface area (Å²) in [4.78, 5) is 13.6. The molecule has 1 rings (SSSR count). The Bertz CT molecular complexity index is 385. The maximum absolute atomic E-state index is 11.4. The Kier molecular flexibility index (Phi) is 4.31. The zero-order chi connectivity index (χ0) is 13.1. The van der Waals surface area contributed by atoms with Crippen molar-refractivity contribution in [2.75, 3.05) is 7.05 Å². The highest BCUT2D eigenvalue weighted by atomic mass is 16.3. The number of hydrogen-bond acceptors (Lipinski definition) is 4. The van der Waals surface area contributed by atoms with Gasteiger partial charge in [-0.1, -0.05) is 6.92 Å². The van der Waals surface area contributed by atoms with Gasteiger partial charge < -0.3 is 4.42 Å². The Morgan fingerprint density at radius 2 is 2.24 bits per heavy atom. The third-order valence-electron chi connectivity index (χ3n) is 3.39. The van der Waals surface area contributed by atoms with E-state index in [9.17, 15) is 4.79 Å². The molecule has 0 aromatic carbocycles. The molecule has 0 fully saturated rings. The SMILES string of the molecule is CCC(C)(C)N(C)Cc1ccoc1C(=O)NN. The first-order chi connectivity index (χ1) is 7.92. The fourth-order valence-electron chi connectivity index (χ4n) is 1.46. The Labute approximate surface area is 102 Å². The molecule has 1 amide bonds. The number of nitrogen functional groups attached to an aromatic ring is 1. The highest BCUT2D eigenvalue weighted by Gasteiger charge is 2.23. The maximum Gasteiger partial charge on any atom is 0.301 e. The van der Waals surface area contributed by atoms with E-state index in [0.717, 1.165) is 12.0 Å². The van der Waals surface area contributed by atoms with Gasteiger partial charge in [-0.05, 0) is 33.4 Å². The molecule has 5 heteroatoms. The highest BCUT2D eigenvalue weighted by molar-refractivity contribution is 5.92. The number of carbonyl (C=O) groups is 1. The number of carbonyl (C=O) groups excluding carboxylic acids is 1. The lowest BCUT2D eigenvalue weighted by atomic mass is 9.99. The third-order valence-corrected chi connectivity index (χ3v) is 3.39. The van der Waals surface area contributed by atoms with Crippen molar-refractivity contribution in [3.8, 4) is 0 Å². The zero-order valence-corrected chi connectivity index (χ0v) is 10.9. The average molecular weight is 239 g/mol. The molecule has 1 aromatic heterocycles. The van der Waals surface area contributed by atoms with Crippen LogP contribution in [0.15, 0.2) is 16.7 Å².